The number of fused-ring (bicyclic) bond motifs is 1. The van der Waals surface area contributed by atoms with E-state index in [-0.39, 0.29) is 26.7 Å². The maximum Gasteiger partial charge on any atom is 0.434 e. The molecule has 1 amide bonds. The third-order valence-electron chi connectivity index (χ3n) is 4.80. The molecule has 0 unspecified atom stereocenters. The van der Waals surface area contributed by atoms with Crippen molar-refractivity contribution >= 4 is 76.0 Å². The number of carbonyl (C=O) groups excluding carboxylic acids is 1. The number of hydrogen-bond acceptors (Lipinski definition) is 6. The summed E-state index contributed by atoms with van der Waals surface area (Å²) in [6, 6.07) is 5.59. The number of carbonyl (C=O) groups is 1. The molecule has 2 aromatic carbocycles. The fourth-order valence-corrected chi connectivity index (χ4v) is 5.55. The van der Waals surface area contributed by atoms with Crippen LogP contribution in [0.2, 0.25) is 5.02 Å². The lowest BCUT2D eigenvalue weighted by Gasteiger charge is -2.29. The number of amides is 1. The lowest BCUT2D eigenvalue weighted by Crippen LogP contribution is -2.46. The average molecular weight is 636 g/mol. The number of hydrogen-bond donors (Lipinski definition) is 0. The molecule has 0 atom stereocenters. The topological polar surface area (TPSA) is 98.6 Å². The van der Waals surface area contributed by atoms with Gasteiger partial charge in [-0.3, -0.25) is 4.79 Å². The van der Waals surface area contributed by atoms with Crippen LogP contribution in [0, 0.1) is 6.92 Å². The van der Waals surface area contributed by atoms with Gasteiger partial charge in [0, 0.05) is 14.0 Å². The first kappa shape index (κ1) is 26.7. The maximum atomic E-state index is 13.6. The average Bonchev–Trinajstić information content (AvgIpc) is 2.73. The Balaban J connectivity index is 2.41. The van der Waals surface area contributed by atoms with Crippen LogP contribution in [0.4, 0.5) is 10.5 Å². The van der Waals surface area contributed by atoms with Gasteiger partial charge in [-0.2, -0.15) is 9.69 Å². The maximum absolute atomic E-state index is 13.6. The van der Waals surface area contributed by atoms with Crippen molar-refractivity contribution in [3.8, 4) is 0 Å². The second-order valence-corrected chi connectivity index (χ2v) is 12.7. The van der Waals surface area contributed by atoms with E-state index in [0.29, 0.717) is 14.5 Å². The fourth-order valence-electron chi connectivity index (χ4n) is 3.11. The van der Waals surface area contributed by atoms with E-state index in [1.54, 1.807) is 26.8 Å². The lowest BCUT2D eigenvalue weighted by atomic mass is 10.2. The van der Waals surface area contributed by atoms with Crippen molar-refractivity contribution in [3.63, 3.8) is 0 Å². The van der Waals surface area contributed by atoms with Crippen LogP contribution in [0.5, 0.6) is 0 Å². The van der Waals surface area contributed by atoms with Crippen molar-refractivity contribution in [2.24, 2.45) is 0 Å². The van der Waals surface area contributed by atoms with E-state index in [0.717, 1.165) is 21.6 Å². The van der Waals surface area contributed by atoms with Crippen molar-refractivity contribution in [3.05, 3.63) is 60.5 Å². The molecule has 182 valence electrons. The SMILES string of the molecule is CCS(=O)(=O)c1ccc(Cl)cc1N(C(=O)OC(C)(C)C)n1cnc2c(Br)c(C)c(Br)cc2c1=O. The number of ether oxygens (including phenoxy) is 1. The standard InChI is InChI=1S/C22H22Br2ClN3O5S/c1-6-34(31,32)17-8-7-13(25)9-16(17)28(21(30)33-22(3,4)5)27-11-26-19-14(20(27)29)10-15(23)12(2)18(19)24/h7-11H,6H2,1-5H3. The Morgan fingerprint density at radius 2 is 1.88 bits per heavy atom. The molecule has 0 aliphatic rings. The molecule has 0 saturated carbocycles. The van der Waals surface area contributed by atoms with Crippen molar-refractivity contribution in [2.45, 2.75) is 45.1 Å². The second-order valence-electron chi connectivity index (χ2n) is 8.40. The van der Waals surface area contributed by atoms with Crippen LogP contribution in [0.15, 0.2) is 49.2 Å². The predicted molar refractivity (Wildman–Crippen MR) is 139 cm³/mol. The Kier molecular flexibility index (Phi) is 7.52. The minimum Gasteiger partial charge on any atom is -0.442 e. The highest BCUT2D eigenvalue weighted by Gasteiger charge is 2.31. The molecule has 3 rings (SSSR count). The summed E-state index contributed by atoms with van der Waals surface area (Å²) in [6.07, 6.45) is 0.173. The van der Waals surface area contributed by atoms with Crippen LogP contribution in [0.25, 0.3) is 10.9 Å². The van der Waals surface area contributed by atoms with Crippen LogP contribution in [0.1, 0.15) is 33.3 Å². The van der Waals surface area contributed by atoms with E-state index in [1.807, 2.05) is 6.92 Å². The Morgan fingerprint density at radius 3 is 2.47 bits per heavy atom. The zero-order valence-electron chi connectivity index (χ0n) is 19.0. The van der Waals surface area contributed by atoms with Crippen molar-refractivity contribution in [1.29, 1.82) is 0 Å². The molecule has 1 heterocycles. The smallest absolute Gasteiger partial charge is 0.434 e. The molecule has 0 N–H and O–H groups in total. The highest BCUT2D eigenvalue weighted by molar-refractivity contribution is 9.11. The quantitative estimate of drug-likeness (QED) is 0.355. The van der Waals surface area contributed by atoms with Crippen molar-refractivity contribution in [2.75, 3.05) is 10.8 Å². The van der Waals surface area contributed by atoms with E-state index in [4.69, 9.17) is 16.3 Å². The van der Waals surface area contributed by atoms with E-state index < -0.39 is 27.1 Å². The van der Waals surface area contributed by atoms with Crippen LogP contribution < -0.4 is 10.6 Å². The summed E-state index contributed by atoms with van der Waals surface area (Å²) in [5, 5.41) is 1.21. The Hall–Kier alpha value is -1.95. The first-order chi connectivity index (χ1) is 15.7. The van der Waals surface area contributed by atoms with Gasteiger partial charge in [0.15, 0.2) is 9.84 Å². The fraction of sp³-hybridized carbons (Fsp3) is 0.318. The molecule has 3 aromatic rings. The van der Waals surface area contributed by atoms with Crippen molar-refractivity contribution < 1.29 is 17.9 Å². The van der Waals surface area contributed by atoms with Crippen LogP contribution in [-0.2, 0) is 14.6 Å². The second kappa shape index (κ2) is 9.60. The Labute approximate surface area is 219 Å². The van der Waals surface area contributed by atoms with E-state index in [9.17, 15) is 18.0 Å². The van der Waals surface area contributed by atoms with Crippen LogP contribution in [0.3, 0.4) is 0 Å². The van der Waals surface area contributed by atoms with Crippen molar-refractivity contribution in [1.82, 2.24) is 9.66 Å². The summed E-state index contributed by atoms with van der Waals surface area (Å²) in [6.45, 7) is 8.30. The molecule has 0 aliphatic carbocycles. The third kappa shape index (κ3) is 5.17. The Morgan fingerprint density at radius 1 is 1.24 bits per heavy atom. The summed E-state index contributed by atoms with van der Waals surface area (Å²) in [5.74, 6) is -0.228. The van der Waals surface area contributed by atoms with E-state index in [2.05, 4.69) is 36.8 Å². The number of anilines is 1. The van der Waals surface area contributed by atoms with Crippen LogP contribution >= 0.6 is 43.5 Å². The minimum absolute atomic E-state index is 0.128. The lowest BCUT2D eigenvalue weighted by molar-refractivity contribution is 0.0561. The molecule has 0 bridgehead atoms. The summed E-state index contributed by atoms with van der Waals surface area (Å²) in [5.41, 5.74) is -0.450. The molecule has 34 heavy (non-hydrogen) atoms. The number of nitrogens with zero attached hydrogens (tertiary/aromatic N) is 3. The molecule has 0 fully saturated rings. The number of benzene rings is 2. The molecular formula is C22H22Br2ClN3O5S. The monoisotopic (exact) mass is 633 g/mol. The molecule has 0 aliphatic heterocycles. The van der Waals surface area contributed by atoms with E-state index >= 15 is 0 Å². The van der Waals surface area contributed by atoms with Gasteiger partial charge in [0.25, 0.3) is 5.56 Å². The molecular weight excluding hydrogens is 614 g/mol. The van der Waals surface area contributed by atoms with Gasteiger partial charge >= 0.3 is 6.09 Å². The number of rotatable bonds is 4. The van der Waals surface area contributed by atoms with Crippen LogP contribution in [-0.4, -0.2) is 35.5 Å². The van der Waals surface area contributed by atoms with Gasteiger partial charge in [-0.25, -0.2) is 18.2 Å². The normalized spacial score (nSPS) is 12.1. The molecule has 8 nitrogen and oxygen atoms in total. The zero-order chi connectivity index (χ0) is 25.6. The summed E-state index contributed by atoms with van der Waals surface area (Å²) in [7, 11) is -3.81. The molecule has 1 aromatic heterocycles. The number of halogens is 3. The van der Waals surface area contributed by atoms with Gasteiger partial charge in [-0.1, -0.05) is 34.5 Å². The van der Waals surface area contributed by atoms with Gasteiger partial charge in [0.2, 0.25) is 0 Å². The third-order valence-corrected chi connectivity index (χ3v) is 8.61. The number of sulfone groups is 1. The summed E-state index contributed by atoms with van der Waals surface area (Å²) >= 11 is 13.1. The van der Waals surface area contributed by atoms with Gasteiger partial charge in [0.05, 0.1) is 27.2 Å². The molecule has 0 radical (unpaired) electrons. The zero-order valence-corrected chi connectivity index (χ0v) is 23.8. The molecule has 0 spiro atoms. The van der Waals surface area contributed by atoms with Gasteiger partial charge in [-0.05, 0) is 73.5 Å². The summed E-state index contributed by atoms with van der Waals surface area (Å²) in [4.78, 5) is 31.2. The highest BCUT2D eigenvalue weighted by atomic mass is 79.9. The van der Waals surface area contributed by atoms with E-state index in [1.165, 1.54) is 25.1 Å². The van der Waals surface area contributed by atoms with Gasteiger partial charge in [-0.15, -0.1) is 0 Å². The van der Waals surface area contributed by atoms with Gasteiger partial charge < -0.3 is 4.74 Å². The Bertz CT molecular complexity index is 1470. The largest absolute Gasteiger partial charge is 0.442 e. The van der Waals surface area contributed by atoms with Gasteiger partial charge in [0.1, 0.15) is 11.9 Å². The highest BCUT2D eigenvalue weighted by Crippen LogP contribution is 2.33. The first-order valence-corrected chi connectivity index (χ1v) is 13.7. The number of aromatic nitrogens is 2. The first-order valence-electron chi connectivity index (χ1n) is 10.1. The molecule has 0 saturated heterocycles. The predicted octanol–water partition coefficient (Wildman–Crippen LogP) is 5.88. The molecule has 12 heteroatoms. The summed E-state index contributed by atoms with van der Waals surface area (Å²) < 4.78 is 33.4. The minimum atomic E-state index is -3.81.